The third-order valence-corrected chi connectivity index (χ3v) is 6.49. The molecule has 0 radical (unpaired) electrons. The van der Waals surface area contributed by atoms with Gasteiger partial charge in [0.1, 0.15) is 18.1 Å². The van der Waals surface area contributed by atoms with Crippen LogP contribution in [0.2, 0.25) is 0 Å². The van der Waals surface area contributed by atoms with Crippen molar-refractivity contribution < 1.29 is 27.5 Å². The fourth-order valence-corrected chi connectivity index (χ4v) is 5.08. The Bertz CT molecular complexity index is 1180. The Hall–Kier alpha value is -3.01. The van der Waals surface area contributed by atoms with Crippen LogP contribution in [0.5, 0.6) is 0 Å². The summed E-state index contributed by atoms with van der Waals surface area (Å²) in [6.45, 7) is -1.30. The first-order chi connectivity index (χ1) is 15.7. The van der Waals surface area contributed by atoms with Gasteiger partial charge in [0.2, 0.25) is 0 Å². The molecule has 0 spiro atoms. The summed E-state index contributed by atoms with van der Waals surface area (Å²) in [5, 5.41) is 14.6. The summed E-state index contributed by atoms with van der Waals surface area (Å²) in [6.07, 6.45) is -0.762. The highest BCUT2D eigenvalue weighted by Crippen LogP contribution is 2.37. The molecule has 2 unspecified atom stereocenters. The number of aliphatic hydroxyl groups is 1. The van der Waals surface area contributed by atoms with Crippen molar-refractivity contribution in [2.24, 2.45) is 0 Å². The van der Waals surface area contributed by atoms with Gasteiger partial charge in [-0.3, -0.25) is 14.5 Å². The number of carbonyl (C=O) groups is 1. The van der Waals surface area contributed by atoms with Crippen LogP contribution in [0.25, 0.3) is 10.9 Å². The lowest BCUT2D eigenvalue weighted by atomic mass is 9.99. The minimum Gasteiger partial charge on any atom is -0.393 e. The Morgan fingerprint density at radius 1 is 1.12 bits per heavy atom. The maximum absolute atomic E-state index is 13.2. The third kappa shape index (κ3) is 4.31. The summed E-state index contributed by atoms with van der Waals surface area (Å²) in [5.41, 5.74) is 1.30. The number of alkyl halides is 3. The largest absolute Gasteiger partial charge is 0.408 e. The lowest BCUT2D eigenvalue weighted by molar-refractivity contribution is -0.141. The number of pyridine rings is 1. The molecular formula is C23H22F4N4O2. The minimum absolute atomic E-state index is 0.0625. The molecule has 174 valence electrons. The van der Waals surface area contributed by atoms with Crippen molar-refractivity contribution >= 4 is 16.8 Å². The van der Waals surface area contributed by atoms with Gasteiger partial charge >= 0.3 is 6.18 Å². The van der Waals surface area contributed by atoms with Gasteiger partial charge in [-0.05, 0) is 49.4 Å². The summed E-state index contributed by atoms with van der Waals surface area (Å²) >= 11 is 0. The number of aromatic nitrogens is 3. The number of hydrogen-bond donors (Lipinski definition) is 1. The zero-order valence-electron chi connectivity index (χ0n) is 17.6. The van der Waals surface area contributed by atoms with Crippen LogP contribution in [0.3, 0.4) is 0 Å². The molecule has 2 fully saturated rings. The van der Waals surface area contributed by atoms with Gasteiger partial charge in [-0.1, -0.05) is 12.1 Å². The van der Waals surface area contributed by atoms with Crippen LogP contribution in [0.4, 0.5) is 17.6 Å². The van der Waals surface area contributed by atoms with E-state index >= 15 is 0 Å². The number of benzene rings is 1. The predicted octanol–water partition coefficient (Wildman–Crippen LogP) is 3.85. The van der Waals surface area contributed by atoms with Crippen molar-refractivity contribution in [3.8, 4) is 0 Å². The fraction of sp³-hybridized carbons (Fsp3) is 0.435. The number of hydrogen-bond acceptors (Lipinski definition) is 4. The molecule has 2 atom stereocenters. The smallest absolute Gasteiger partial charge is 0.393 e. The van der Waals surface area contributed by atoms with Crippen molar-refractivity contribution in [1.29, 1.82) is 0 Å². The van der Waals surface area contributed by atoms with Gasteiger partial charge in [0.15, 0.2) is 0 Å². The highest BCUT2D eigenvalue weighted by atomic mass is 19.4. The third-order valence-electron chi connectivity index (χ3n) is 6.49. The standard InChI is InChI=1S/C23H22F4N4O2/c24-14-3-1-13(2-4-14)7-19-18-11-28-20(10-21(18)30(29-19)12-23(25,26)27)22(33)31-15-5-6-16(31)9-17(32)8-15/h1-4,10-11,15-17,32H,5-9,12H2. The molecule has 1 amide bonds. The summed E-state index contributed by atoms with van der Waals surface area (Å²) in [7, 11) is 0. The average molecular weight is 462 g/mol. The van der Waals surface area contributed by atoms with Crippen molar-refractivity contribution in [2.75, 3.05) is 0 Å². The van der Waals surface area contributed by atoms with E-state index in [9.17, 15) is 27.5 Å². The van der Waals surface area contributed by atoms with Gasteiger partial charge in [-0.2, -0.15) is 18.3 Å². The van der Waals surface area contributed by atoms with E-state index in [1.807, 2.05) is 0 Å². The number of piperidine rings is 1. The molecule has 1 aromatic carbocycles. The second-order valence-corrected chi connectivity index (χ2v) is 8.83. The van der Waals surface area contributed by atoms with E-state index in [0.717, 1.165) is 17.5 Å². The molecule has 33 heavy (non-hydrogen) atoms. The maximum Gasteiger partial charge on any atom is 0.408 e. The van der Waals surface area contributed by atoms with Crippen LogP contribution in [-0.2, 0) is 13.0 Å². The SMILES string of the molecule is O=C(c1cc2c(cn1)c(Cc1ccc(F)cc1)nn2CC(F)(F)F)N1C2CCC1CC(O)C2. The fourth-order valence-electron chi connectivity index (χ4n) is 5.08. The van der Waals surface area contributed by atoms with E-state index in [1.54, 1.807) is 17.0 Å². The zero-order chi connectivity index (χ0) is 23.3. The van der Waals surface area contributed by atoms with Gasteiger partial charge < -0.3 is 10.0 Å². The molecule has 2 saturated heterocycles. The normalized spacial score (nSPS) is 22.8. The van der Waals surface area contributed by atoms with Crippen molar-refractivity contribution in [2.45, 2.75) is 63.0 Å². The number of aliphatic hydroxyl groups excluding tert-OH is 1. The molecule has 6 nitrogen and oxygen atoms in total. The Labute approximate surface area is 186 Å². The number of fused-ring (bicyclic) bond motifs is 3. The van der Waals surface area contributed by atoms with Crippen molar-refractivity contribution in [1.82, 2.24) is 19.7 Å². The molecule has 0 aliphatic carbocycles. The molecular weight excluding hydrogens is 440 g/mol. The highest BCUT2D eigenvalue weighted by molar-refractivity contribution is 5.96. The number of halogens is 4. The van der Waals surface area contributed by atoms with E-state index in [2.05, 4.69) is 10.1 Å². The van der Waals surface area contributed by atoms with Crippen LogP contribution in [-0.4, -0.2) is 55.0 Å². The van der Waals surface area contributed by atoms with Gasteiger partial charge in [0.25, 0.3) is 5.91 Å². The van der Waals surface area contributed by atoms with Gasteiger partial charge in [-0.15, -0.1) is 0 Å². The topological polar surface area (TPSA) is 71.2 Å². The zero-order valence-corrected chi connectivity index (χ0v) is 17.6. The molecule has 5 rings (SSSR count). The van der Waals surface area contributed by atoms with Gasteiger partial charge in [-0.25, -0.2) is 4.39 Å². The summed E-state index contributed by atoms with van der Waals surface area (Å²) in [5.74, 6) is -0.744. The number of rotatable bonds is 4. The van der Waals surface area contributed by atoms with E-state index in [-0.39, 0.29) is 35.6 Å². The second-order valence-electron chi connectivity index (χ2n) is 8.83. The Morgan fingerprint density at radius 2 is 1.79 bits per heavy atom. The van der Waals surface area contributed by atoms with Gasteiger partial charge in [0.05, 0.1) is 17.3 Å². The van der Waals surface area contributed by atoms with E-state index in [0.29, 0.717) is 29.5 Å². The molecule has 1 N–H and O–H groups in total. The molecule has 2 aliphatic heterocycles. The molecule has 2 aliphatic rings. The van der Waals surface area contributed by atoms with Gasteiger partial charge in [0, 0.05) is 30.1 Å². The monoisotopic (exact) mass is 462 g/mol. The van der Waals surface area contributed by atoms with E-state index in [4.69, 9.17) is 0 Å². The Balaban J connectivity index is 1.51. The first kappa shape index (κ1) is 21.8. The number of nitrogens with zero attached hydrogens (tertiary/aromatic N) is 4. The maximum atomic E-state index is 13.2. The lowest BCUT2D eigenvalue weighted by Gasteiger charge is -2.37. The number of carbonyl (C=O) groups excluding carboxylic acids is 1. The molecule has 10 heteroatoms. The quantitative estimate of drug-likeness (QED) is 0.598. The van der Waals surface area contributed by atoms with E-state index in [1.165, 1.54) is 24.4 Å². The first-order valence-corrected chi connectivity index (χ1v) is 10.9. The van der Waals surface area contributed by atoms with Crippen LogP contribution in [0.15, 0.2) is 36.5 Å². The van der Waals surface area contributed by atoms with Crippen LogP contribution < -0.4 is 0 Å². The second kappa shape index (κ2) is 8.09. The average Bonchev–Trinajstić information content (AvgIpc) is 3.22. The van der Waals surface area contributed by atoms with Crippen LogP contribution in [0, 0.1) is 5.82 Å². The minimum atomic E-state index is -4.50. The molecule has 3 aromatic rings. The molecule has 4 heterocycles. The van der Waals surface area contributed by atoms with Crippen molar-refractivity contribution in [3.63, 3.8) is 0 Å². The summed E-state index contributed by atoms with van der Waals surface area (Å²) in [6, 6.07) is 6.86. The summed E-state index contributed by atoms with van der Waals surface area (Å²) < 4.78 is 53.8. The molecule has 0 saturated carbocycles. The number of amides is 1. The first-order valence-electron chi connectivity index (χ1n) is 10.9. The van der Waals surface area contributed by atoms with E-state index < -0.39 is 24.6 Å². The Morgan fingerprint density at radius 3 is 2.42 bits per heavy atom. The lowest BCUT2D eigenvalue weighted by Crippen LogP contribution is -2.48. The van der Waals surface area contributed by atoms with Crippen LogP contribution in [0.1, 0.15) is 47.4 Å². The van der Waals surface area contributed by atoms with Crippen molar-refractivity contribution in [3.05, 3.63) is 59.3 Å². The molecule has 2 aromatic heterocycles. The predicted molar refractivity (Wildman–Crippen MR) is 111 cm³/mol. The highest BCUT2D eigenvalue weighted by Gasteiger charge is 2.43. The molecule has 2 bridgehead atoms. The summed E-state index contributed by atoms with van der Waals surface area (Å²) in [4.78, 5) is 19.2. The Kier molecular flexibility index (Phi) is 5.35. The van der Waals surface area contributed by atoms with Crippen LogP contribution >= 0.6 is 0 Å².